The summed E-state index contributed by atoms with van der Waals surface area (Å²) in [5, 5.41) is 10.5. The van der Waals surface area contributed by atoms with Crippen LogP contribution in [-0.2, 0) is 27.2 Å². The van der Waals surface area contributed by atoms with E-state index in [4.69, 9.17) is 14.5 Å². The summed E-state index contributed by atoms with van der Waals surface area (Å²) in [5.74, 6) is 0.889. The van der Waals surface area contributed by atoms with Gasteiger partial charge in [-0.2, -0.15) is 0 Å². The molecule has 0 unspecified atom stereocenters. The number of aliphatic carboxylic acids is 1. The van der Waals surface area contributed by atoms with E-state index >= 15 is 0 Å². The molecule has 47 heavy (non-hydrogen) atoms. The first-order valence-electron chi connectivity index (χ1n) is 17.0. The first kappa shape index (κ1) is 33.2. The van der Waals surface area contributed by atoms with E-state index in [9.17, 15) is 9.90 Å². The number of pyridine rings is 1. The molecule has 10 nitrogen and oxygen atoms in total. The predicted octanol–water partition coefficient (Wildman–Crippen LogP) is 6.12. The van der Waals surface area contributed by atoms with Crippen LogP contribution in [-0.4, -0.2) is 77.6 Å². The second kappa shape index (κ2) is 13.0. The van der Waals surface area contributed by atoms with Crippen LogP contribution in [0.25, 0.3) is 11.1 Å². The fraction of sp³-hybridized carbons (Fsp3) is 0.568. The maximum Gasteiger partial charge on any atom is 0.337 e. The van der Waals surface area contributed by atoms with Crippen molar-refractivity contribution < 1.29 is 19.4 Å². The van der Waals surface area contributed by atoms with Gasteiger partial charge in [0.1, 0.15) is 18.0 Å². The minimum Gasteiger partial charge on any atom is -0.479 e. The summed E-state index contributed by atoms with van der Waals surface area (Å²) < 4.78 is 11.8. The Hall–Kier alpha value is -3.76. The molecular formula is C37H50N6O4. The molecule has 0 saturated carbocycles. The first-order valence-corrected chi connectivity index (χ1v) is 17.0. The smallest absolute Gasteiger partial charge is 0.337 e. The fourth-order valence-electron chi connectivity index (χ4n) is 7.13. The normalized spacial score (nSPS) is 19.0. The highest BCUT2D eigenvalue weighted by atomic mass is 16.5. The van der Waals surface area contributed by atoms with Crippen molar-refractivity contribution in [2.45, 2.75) is 86.0 Å². The molecule has 2 fully saturated rings. The molecule has 0 amide bonds. The Bertz CT molecular complexity index is 1620. The number of benzene rings is 1. The third-order valence-electron chi connectivity index (χ3n) is 9.77. The van der Waals surface area contributed by atoms with Gasteiger partial charge in [0.2, 0.25) is 0 Å². The molecule has 1 aromatic carbocycles. The quantitative estimate of drug-likeness (QED) is 0.324. The number of nitrogens with zero attached hydrogens (tertiary/aromatic N) is 6. The van der Waals surface area contributed by atoms with Crippen molar-refractivity contribution in [3.05, 3.63) is 58.7 Å². The molecule has 5 heterocycles. The molecule has 2 saturated heterocycles. The lowest BCUT2D eigenvalue weighted by Gasteiger charge is -2.41. The van der Waals surface area contributed by atoms with Gasteiger partial charge in [0.25, 0.3) is 0 Å². The maximum absolute atomic E-state index is 12.9. The zero-order chi connectivity index (χ0) is 33.5. The average molecular weight is 643 g/mol. The van der Waals surface area contributed by atoms with Gasteiger partial charge < -0.3 is 29.3 Å². The van der Waals surface area contributed by atoms with Gasteiger partial charge in [-0.15, -0.1) is 0 Å². The Morgan fingerprint density at radius 3 is 2.26 bits per heavy atom. The van der Waals surface area contributed by atoms with E-state index in [2.05, 4.69) is 62.8 Å². The molecule has 0 radical (unpaired) electrons. The SMILES string of the molecule is Cc1nc(C)c([C@H](OC(C)(C)C)C(=O)O)c(N2CCC(C)(C)CC2)c1-c1ccc2c(c1)CCN(c1cc(N3CCOCC3)ncn1)C2. The highest BCUT2D eigenvalue weighted by molar-refractivity contribution is 5.88. The minimum atomic E-state index is -1.13. The van der Waals surface area contributed by atoms with Gasteiger partial charge in [0, 0.05) is 67.8 Å². The number of morpholine rings is 1. The van der Waals surface area contributed by atoms with Gasteiger partial charge in [0.15, 0.2) is 6.10 Å². The number of aryl methyl sites for hydroxylation is 2. The fourth-order valence-corrected chi connectivity index (χ4v) is 7.13. The summed E-state index contributed by atoms with van der Waals surface area (Å²) in [6.07, 6.45) is 3.47. The maximum atomic E-state index is 12.9. The Kier molecular flexibility index (Phi) is 9.19. The summed E-state index contributed by atoms with van der Waals surface area (Å²) >= 11 is 0. The second-order valence-electron chi connectivity index (χ2n) is 15.0. The van der Waals surface area contributed by atoms with E-state index in [1.54, 1.807) is 6.33 Å². The number of carbonyl (C=O) groups is 1. The first-order chi connectivity index (χ1) is 22.3. The van der Waals surface area contributed by atoms with Crippen molar-refractivity contribution in [1.82, 2.24) is 15.0 Å². The Balaban J connectivity index is 1.37. The minimum absolute atomic E-state index is 0.242. The molecule has 1 atom stereocenters. The van der Waals surface area contributed by atoms with Gasteiger partial charge in [-0.1, -0.05) is 32.0 Å². The molecule has 6 rings (SSSR count). The van der Waals surface area contributed by atoms with Crippen LogP contribution >= 0.6 is 0 Å². The molecule has 0 bridgehead atoms. The molecule has 252 valence electrons. The van der Waals surface area contributed by atoms with Crippen LogP contribution in [0.2, 0.25) is 0 Å². The number of rotatable bonds is 7. The van der Waals surface area contributed by atoms with E-state index in [1.807, 2.05) is 34.6 Å². The molecule has 3 aliphatic rings. The lowest BCUT2D eigenvalue weighted by atomic mass is 9.81. The molecule has 3 aromatic rings. The molecular weight excluding hydrogens is 592 g/mol. The third kappa shape index (κ3) is 7.23. The molecule has 0 spiro atoms. The van der Waals surface area contributed by atoms with E-state index in [0.29, 0.717) is 24.5 Å². The third-order valence-corrected chi connectivity index (χ3v) is 9.77. The predicted molar refractivity (Wildman–Crippen MR) is 185 cm³/mol. The summed E-state index contributed by atoms with van der Waals surface area (Å²) in [4.78, 5) is 34.0. The van der Waals surface area contributed by atoms with Crippen LogP contribution in [0.4, 0.5) is 17.3 Å². The molecule has 0 aliphatic carbocycles. The van der Waals surface area contributed by atoms with Gasteiger partial charge in [-0.3, -0.25) is 4.98 Å². The van der Waals surface area contributed by atoms with Crippen molar-refractivity contribution in [3.63, 3.8) is 0 Å². The number of fused-ring (bicyclic) bond motifs is 1. The van der Waals surface area contributed by atoms with Gasteiger partial charge in [-0.05, 0) is 76.0 Å². The van der Waals surface area contributed by atoms with Crippen LogP contribution in [0, 0.1) is 19.3 Å². The van der Waals surface area contributed by atoms with Gasteiger partial charge in [-0.25, -0.2) is 14.8 Å². The lowest BCUT2D eigenvalue weighted by molar-refractivity contribution is -0.160. The van der Waals surface area contributed by atoms with E-state index in [1.165, 1.54) is 11.1 Å². The van der Waals surface area contributed by atoms with Crippen LogP contribution in [0.1, 0.15) is 81.6 Å². The topological polar surface area (TPSA) is 104 Å². The second-order valence-corrected chi connectivity index (χ2v) is 15.0. The van der Waals surface area contributed by atoms with E-state index in [-0.39, 0.29) is 5.41 Å². The average Bonchev–Trinajstić information content (AvgIpc) is 3.03. The van der Waals surface area contributed by atoms with E-state index in [0.717, 1.165) is 92.7 Å². The number of hydrogen-bond donors (Lipinski definition) is 1. The Morgan fingerprint density at radius 2 is 1.60 bits per heavy atom. The van der Waals surface area contributed by atoms with Crippen LogP contribution in [0.3, 0.4) is 0 Å². The molecule has 3 aliphatic heterocycles. The number of piperidine rings is 1. The summed E-state index contributed by atoms with van der Waals surface area (Å²) in [6, 6.07) is 8.80. The number of ether oxygens (including phenoxy) is 2. The zero-order valence-corrected chi connectivity index (χ0v) is 29.1. The number of carboxylic acids is 1. The van der Waals surface area contributed by atoms with Crippen molar-refractivity contribution in [3.8, 4) is 11.1 Å². The number of carboxylic acid groups (broad SMARTS) is 1. The van der Waals surface area contributed by atoms with Crippen molar-refractivity contribution in [1.29, 1.82) is 0 Å². The highest BCUT2D eigenvalue weighted by Gasteiger charge is 2.36. The van der Waals surface area contributed by atoms with Gasteiger partial charge >= 0.3 is 5.97 Å². The molecule has 2 aromatic heterocycles. The summed E-state index contributed by atoms with van der Waals surface area (Å²) in [5.41, 5.74) is 7.47. The number of aromatic nitrogens is 3. The largest absolute Gasteiger partial charge is 0.479 e. The lowest BCUT2D eigenvalue weighted by Crippen LogP contribution is -2.39. The van der Waals surface area contributed by atoms with Crippen molar-refractivity contribution >= 4 is 23.3 Å². The van der Waals surface area contributed by atoms with Crippen LogP contribution < -0.4 is 14.7 Å². The highest BCUT2D eigenvalue weighted by Crippen LogP contribution is 2.45. The monoisotopic (exact) mass is 642 g/mol. The molecule has 1 N–H and O–H groups in total. The zero-order valence-electron chi connectivity index (χ0n) is 29.1. The summed E-state index contributed by atoms with van der Waals surface area (Å²) in [6.45, 7) is 20.7. The van der Waals surface area contributed by atoms with Crippen LogP contribution in [0.5, 0.6) is 0 Å². The Labute approximate surface area is 279 Å². The summed E-state index contributed by atoms with van der Waals surface area (Å²) in [7, 11) is 0. The number of anilines is 3. The standard InChI is InChI=1S/C37H50N6O4/c1-24-31(33(42-14-11-37(6,7)12-15-42)32(25(2)40-24)34(35(44)45)47-36(3,4)5)27-8-9-28-22-43(13-10-26(28)20-27)30-21-29(38-23-39-30)41-16-18-46-19-17-41/h8-9,20-21,23,34H,10-19,22H2,1-7H3,(H,44,45)/t34-/m0/s1. The van der Waals surface area contributed by atoms with Crippen LogP contribution in [0.15, 0.2) is 30.6 Å². The van der Waals surface area contributed by atoms with Crippen molar-refractivity contribution in [2.24, 2.45) is 5.41 Å². The number of hydrogen-bond acceptors (Lipinski definition) is 9. The molecule has 10 heteroatoms. The Morgan fingerprint density at radius 1 is 0.915 bits per heavy atom. The van der Waals surface area contributed by atoms with Crippen molar-refractivity contribution in [2.75, 3.05) is 60.6 Å². The van der Waals surface area contributed by atoms with E-state index < -0.39 is 17.7 Å². The van der Waals surface area contributed by atoms with Gasteiger partial charge in [0.05, 0.1) is 24.5 Å².